The van der Waals surface area contributed by atoms with Crippen molar-refractivity contribution in [3.63, 3.8) is 0 Å². The van der Waals surface area contributed by atoms with E-state index in [1.807, 2.05) is 18.2 Å². The van der Waals surface area contributed by atoms with Gasteiger partial charge in [-0.2, -0.15) is 0 Å². The molecule has 0 aliphatic rings. The Morgan fingerprint density at radius 3 is 1.02 bits per heavy atom. The molecule has 236 valence electrons. The molecule has 0 aliphatic carbocycles. The molecule has 0 aromatic heterocycles. The molecular weight excluding hydrogens is 706 g/mol. The average molecular weight is 731 g/mol. The fraction of sp³-hybridized carbons (Fsp3) is 0. The highest BCUT2D eigenvalue weighted by Crippen LogP contribution is 2.50. The molecule has 0 fully saturated rings. The molecule has 0 N–H and O–H groups in total. The molecule has 0 amide bonds. The molecule has 8 aromatic carbocycles. The zero-order valence-electron chi connectivity index (χ0n) is 25.8. The van der Waals surface area contributed by atoms with E-state index in [0.717, 1.165) is 60.5 Å². The summed E-state index contributed by atoms with van der Waals surface area (Å²) >= 11 is 33.1. The lowest BCUT2D eigenvalue weighted by molar-refractivity contribution is 1.60. The third-order valence-electron chi connectivity index (χ3n) is 9.08. The molecule has 0 aliphatic heterocycles. The summed E-state index contributed by atoms with van der Waals surface area (Å²) in [6, 6.07) is 53.2. The Morgan fingerprint density at radius 1 is 0.224 bits per heavy atom. The number of hydrogen-bond acceptors (Lipinski definition) is 0. The van der Waals surface area contributed by atoms with Gasteiger partial charge in [0.1, 0.15) is 0 Å². The van der Waals surface area contributed by atoms with E-state index < -0.39 is 0 Å². The number of benzene rings is 8. The highest BCUT2D eigenvalue weighted by Gasteiger charge is 2.23. The lowest BCUT2D eigenvalue weighted by Gasteiger charge is -2.20. The zero-order chi connectivity index (χ0) is 33.6. The van der Waals surface area contributed by atoms with E-state index in [9.17, 15) is 0 Å². The van der Waals surface area contributed by atoms with Gasteiger partial charge in [-0.15, -0.1) is 0 Å². The summed E-state index contributed by atoms with van der Waals surface area (Å²) in [6.45, 7) is 0. The maximum atomic E-state index is 6.82. The van der Waals surface area contributed by atoms with Crippen LogP contribution in [0.2, 0.25) is 25.1 Å². The summed E-state index contributed by atoms with van der Waals surface area (Å²) in [7, 11) is 0. The van der Waals surface area contributed by atoms with Gasteiger partial charge in [0.25, 0.3) is 0 Å². The highest BCUT2D eigenvalue weighted by atomic mass is 35.5. The van der Waals surface area contributed by atoms with Crippen LogP contribution in [0.4, 0.5) is 0 Å². The molecule has 0 atom stereocenters. The Labute approximate surface area is 310 Å². The van der Waals surface area contributed by atoms with E-state index >= 15 is 0 Å². The van der Waals surface area contributed by atoms with E-state index in [-0.39, 0.29) is 25.1 Å². The van der Waals surface area contributed by atoms with Crippen molar-refractivity contribution < 1.29 is 0 Å². The maximum absolute atomic E-state index is 6.82. The predicted molar refractivity (Wildman–Crippen MR) is 214 cm³/mol. The van der Waals surface area contributed by atoms with Gasteiger partial charge in [0.05, 0.1) is 25.1 Å². The lowest BCUT2D eigenvalue weighted by atomic mass is 9.84. The largest absolute Gasteiger partial charge is 0.0819 e. The van der Waals surface area contributed by atoms with E-state index in [0.29, 0.717) is 5.56 Å². The standard InChI is InChI=1S/C44H25Cl5/c45-40-39(41(46)43(48)44(49)42(40)47)32-23-24-35-36(25-32)38(31-21-17-29(18-22-31)27-11-5-2-6-12-27)34-14-8-7-13-33(34)37(35)30-19-15-28(16-20-30)26-9-3-1-4-10-26/h1-25H. The summed E-state index contributed by atoms with van der Waals surface area (Å²) < 4.78 is 0. The van der Waals surface area contributed by atoms with Crippen LogP contribution < -0.4 is 0 Å². The predicted octanol–water partition coefficient (Wildman–Crippen LogP) is 15.6. The van der Waals surface area contributed by atoms with Crippen molar-refractivity contribution in [1.82, 2.24) is 0 Å². The first-order valence-electron chi connectivity index (χ1n) is 15.7. The Balaban J connectivity index is 1.42. The normalized spacial score (nSPS) is 11.4. The van der Waals surface area contributed by atoms with Crippen molar-refractivity contribution in [3.8, 4) is 55.6 Å². The minimum atomic E-state index is 0.134. The van der Waals surface area contributed by atoms with Crippen molar-refractivity contribution in [2.24, 2.45) is 0 Å². The van der Waals surface area contributed by atoms with Crippen LogP contribution in [-0.4, -0.2) is 0 Å². The Bertz CT molecular complexity index is 2480. The lowest BCUT2D eigenvalue weighted by Crippen LogP contribution is -1.93. The Kier molecular flexibility index (Phi) is 8.62. The van der Waals surface area contributed by atoms with Gasteiger partial charge in [-0.25, -0.2) is 0 Å². The van der Waals surface area contributed by atoms with Crippen LogP contribution in [0.1, 0.15) is 0 Å². The quantitative estimate of drug-likeness (QED) is 0.0940. The molecule has 0 unspecified atom stereocenters. The third-order valence-corrected chi connectivity index (χ3v) is 11.4. The molecule has 0 radical (unpaired) electrons. The number of fused-ring (bicyclic) bond motifs is 2. The fourth-order valence-corrected chi connectivity index (χ4v) is 8.09. The van der Waals surface area contributed by atoms with Gasteiger partial charge in [-0.1, -0.05) is 204 Å². The van der Waals surface area contributed by atoms with Gasteiger partial charge in [0.15, 0.2) is 0 Å². The van der Waals surface area contributed by atoms with E-state index in [1.165, 1.54) is 11.1 Å². The van der Waals surface area contributed by atoms with Crippen LogP contribution in [0.3, 0.4) is 0 Å². The van der Waals surface area contributed by atoms with Crippen LogP contribution in [0.5, 0.6) is 0 Å². The molecule has 0 spiro atoms. The van der Waals surface area contributed by atoms with Gasteiger partial charge in [0, 0.05) is 5.56 Å². The summed E-state index contributed by atoms with van der Waals surface area (Å²) in [6.07, 6.45) is 0. The van der Waals surface area contributed by atoms with Crippen LogP contribution >= 0.6 is 58.0 Å². The van der Waals surface area contributed by atoms with Gasteiger partial charge in [-0.3, -0.25) is 0 Å². The molecule has 0 heterocycles. The molecule has 0 saturated carbocycles. The molecule has 0 nitrogen and oxygen atoms in total. The first kappa shape index (κ1) is 32.0. The number of hydrogen-bond donors (Lipinski definition) is 0. The van der Waals surface area contributed by atoms with Crippen molar-refractivity contribution in [3.05, 3.63) is 177 Å². The summed E-state index contributed by atoms with van der Waals surface area (Å²) in [5.74, 6) is 0. The first-order chi connectivity index (χ1) is 23.9. The monoisotopic (exact) mass is 728 g/mol. The molecule has 49 heavy (non-hydrogen) atoms. The first-order valence-corrected chi connectivity index (χ1v) is 17.6. The minimum absolute atomic E-state index is 0.134. The van der Waals surface area contributed by atoms with Crippen LogP contribution in [0.15, 0.2) is 152 Å². The number of halogens is 5. The Morgan fingerprint density at radius 2 is 0.551 bits per heavy atom. The second kappa shape index (κ2) is 13.2. The van der Waals surface area contributed by atoms with Crippen molar-refractivity contribution in [2.75, 3.05) is 0 Å². The van der Waals surface area contributed by atoms with Crippen molar-refractivity contribution >= 4 is 79.5 Å². The molecule has 0 bridgehead atoms. The summed E-state index contributed by atoms with van der Waals surface area (Å²) in [4.78, 5) is 0. The summed E-state index contributed by atoms with van der Waals surface area (Å²) in [5.41, 5.74) is 10.4. The van der Waals surface area contributed by atoms with Gasteiger partial charge in [-0.05, 0) is 77.7 Å². The molecule has 8 aromatic rings. The topological polar surface area (TPSA) is 0 Å². The number of rotatable bonds is 5. The van der Waals surface area contributed by atoms with Crippen LogP contribution in [0, 0.1) is 0 Å². The van der Waals surface area contributed by atoms with Crippen molar-refractivity contribution in [1.29, 1.82) is 0 Å². The van der Waals surface area contributed by atoms with Gasteiger partial charge < -0.3 is 0 Å². The van der Waals surface area contributed by atoms with Crippen LogP contribution in [0.25, 0.3) is 77.2 Å². The SMILES string of the molecule is Clc1c(Cl)c(Cl)c(-c2ccc3c(-c4ccc(-c5ccccc5)cc4)c4ccccc4c(-c4ccc(-c5ccccc5)cc4)c3c2)c(Cl)c1Cl. The highest BCUT2D eigenvalue weighted by molar-refractivity contribution is 6.56. The summed E-state index contributed by atoms with van der Waals surface area (Å²) in [5, 5.41) is 5.41. The van der Waals surface area contributed by atoms with E-state index in [4.69, 9.17) is 58.0 Å². The second-order valence-corrected chi connectivity index (χ2v) is 13.8. The Hall–Kier alpha value is -4.27. The van der Waals surface area contributed by atoms with Crippen molar-refractivity contribution in [2.45, 2.75) is 0 Å². The fourth-order valence-electron chi connectivity index (χ4n) is 6.73. The minimum Gasteiger partial charge on any atom is -0.0819 e. The second-order valence-electron chi connectivity index (χ2n) is 11.9. The average Bonchev–Trinajstić information content (AvgIpc) is 3.16. The van der Waals surface area contributed by atoms with Crippen LogP contribution in [-0.2, 0) is 0 Å². The van der Waals surface area contributed by atoms with Gasteiger partial charge >= 0.3 is 0 Å². The maximum Gasteiger partial charge on any atom is 0.0809 e. The molecular formula is C44H25Cl5. The third kappa shape index (κ3) is 5.69. The molecule has 8 rings (SSSR count). The van der Waals surface area contributed by atoms with Gasteiger partial charge in [0.2, 0.25) is 0 Å². The smallest absolute Gasteiger partial charge is 0.0809 e. The van der Waals surface area contributed by atoms with E-state index in [2.05, 4.69) is 133 Å². The zero-order valence-corrected chi connectivity index (χ0v) is 29.6. The molecule has 5 heteroatoms. The molecule has 0 saturated heterocycles. The van der Waals surface area contributed by atoms with E-state index in [1.54, 1.807) is 0 Å².